The van der Waals surface area contributed by atoms with E-state index >= 15 is 0 Å². The summed E-state index contributed by atoms with van der Waals surface area (Å²) in [6.45, 7) is 4.83. The first-order valence-electron chi connectivity index (χ1n) is 11.3. The van der Waals surface area contributed by atoms with E-state index in [-0.39, 0.29) is 12.3 Å². The normalized spacial score (nSPS) is 14.9. The van der Waals surface area contributed by atoms with Gasteiger partial charge >= 0.3 is 5.97 Å². The van der Waals surface area contributed by atoms with Crippen LogP contribution in [0.2, 0.25) is 10.0 Å². The van der Waals surface area contributed by atoms with Crippen LogP contribution in [0.3, 0.4) is 0 Å². The van der Waals surface area contributed by atoms with Crippen LogP contribution in [0.25, 0.3) is 11.3 Å². The zero-order chi connectivity index (χ0) is 25.0. The summed E-state index contributed by atoms with van der Waals surface area (Å²) >= 11 is 12.6. The third-order valence-corrected chi connectivity index (χ3v) is 6.94. The summed E-state index contributed by atoms with van der Waals surface area (Å²) < 4.78 is 5.29. The number of nitrogens with zero attached hydrogens (tertiary/aromatic N) is 6. The van der Waals surface area contributed by atoms with Crippen molar-refractivity contribution >= 4 is 35.0 Å². The van der Waals surface area contributed by atoms with E-state index in [1.54, 1.807) is 43.7 Å². The van der Waals surface area contributed by atoms with Gasteiger partial charge in [0.1, 0.15) is 0 Å². The molecule has 0 N–H and O–H groups in total. The molecule has 1 aliphatic rings. The number of anilines is 1. The van der Waals surface area contributed by atoms with Gasteiger partial charge < -0.3 is 9.64 Å². The van der Waals surface area contributed by atoms with Crippen molar-refractivity contribution in [1.29, 1.82) is 5.26 Å². The number of halogens is 2. The van der Waals surface area contributed by atoms with Crippen molar-refractivity contribution in [3.8, 4) is 17.3 Å². The van der Waals surface area contributed by atoms with Gasteiger partial charge in [-0.2, -0.15) is 5.26 Å². The van der Waals surface area contributed by atoms with Crippen molar-refractivity contribution in [1.82, 2.24) is 19.9 Å². The SMILES string of the molecule is CCOC(=O)c1nc(-c2cccc(Cl)c2Cl)c(C)nc1N1CCC(C#N)(Cc2cnccn2)CC1. The molecule has 8 nitrogen and oxygen atoms in total. The first-order valence-corrected chi connectivity index (χ1v) is 12.0. The lowest BCUT2D eigenvalue weighted by Gasteiger charge is -2.38. The molecule has 1 aliphatic heterocycles. The van der Waals surface area contributed by atoms with E-state index in [0.717, 1.165) is 5.69 Å². The molecule has 0 saturated carbocycles. The number of hydrogen-bond acceptors (Lipinski definition) is 8. The third kappa shape index (κ3) is 5.21. The second kappa shape index (κ2) is 10.5. The number of benzene rings is 1. The molecule has 0 bridgehead atoms. The van der Waals surface area contributed by atoms with Crippen molar-refractivity contribution in [2.75, 3.05) is 24.6 Å². The van der Waals surface area contributed by atoms with Crippen LogP contribution in [0.1, 0.15) is 41.6 Å². The lowest BCUT2D eigenvalue weighted by Crippen LogP contribution is -2.42. The quantitative estimate of drug-likeness (QED) is 0.422. The highest BCUT2D eigenvalue weighted by molar-refractivity contribution is 6.43. The molecule has 1 fully saturated rings. The number of esters is 1. The molecule has 2 aromatic heterocycles. The minimum Gasteiger partial charge on any atom is -0.461 e. The predicted octanol–water partition coefficient (Wildman–Crippen LogP) is 5.08. The molecular weight excluding hydrogens is 487 g/mol. The molecule has 0 unspecified atom stereocenters. The molecule has 35 heavy (non-hydrogen) atoms. The molecule has 10 heteroatoms. The van der Waals surface area contributed by atoms with Crippen LogP contribution >= 0.6 is 23.2 Å². The minimum atomic E-state index is -0.564. The van der Waals surface area contributed by atoms with Gasteiger partial charge in [0.05, 0.1) is 45.2 Å². The topological polar surface area (TPSA) is 105 Å². The number of rotatable bonds is 6. The molecule has 3 aromatic rings. The van der Waals surface area contributed by atoms with Gasteiger partial charge in [0, 0.05) is 43.7 Å². The largest absolute Gasteiger partial charge is 0.461 e. The highest BCUT2D eigenvalue weighted by atomic mass is 35.5. The fourth-order valence-electron chi connectivity index (χ4n) is 4.25. The highest BCUT2D eigenvalue weighted by Crippen LogP contribution is 2.38. The van der Waals surface area contributed by atoms with Crippen LogP contribution in [0.4, 0.5) is 5.82 Å². The van der Waals surface area contributed by atoms with Gasteiger partial charge in [0.2, 0.25) is 0 Å². The second-order valence-corrected chi connectivity index (χ2v) is 9.19. The monoisotopic (exact) mass is 510 g/mol. The Hall–Kier alpha value is -3.28. The van der Waals surface area contributed by atoms with Crippen molar-refractivity contribution in [3.05, 3.63) is 63.9 Å². The Labute approximate surface area is 213 Å². The maximum Gasteiger partial charge on any atom is 0.360 e. The fourth-order valence-corrected chi connectivity index (χ4v) is 4.64. The van der Waals surface area contributed by atoms with Gasteiger partial charge in [-0.15, -0.1) is 0 Å². The molecule has 1 saturated heterocycles. The van der Waals surface area contributed by atoms with Crippen LogP contribution in [0, 0.1) is 23.7 Å². The number of carbonyl (C=O) groups excluding carboxylic acids is 1. The smallest absolute Gasteiger partial charge is 0.360 e. The third-order valence-electron chi connectivity index (χ3n) is 6.12. The lowest BCUT2D eigenvalue weighted by atomic mass is 9.76. The zero-order valence-corrected chi connectivity index (χ0v) is 21.0. The summed E-state index contributed by atoms with van der Waals surface area (Å²) in [4.78, 5) is 32.8. The molecule has 0 spiro atoms. The van der Waals surface area contributed by atoms with E-state index in [9.17, 15) is 10.1 Å². The van der Waals surface area contributed by atoms with Crippen LogP contribution < -0.4 is 4.90 Å². The number of piperidine rings is 1. The number of aryl methyl sites for hydroxylation is 1. The maximum absolute atomic E-state index is 12.9. The van der Waals surface area contributed by atoms with E-state index in [1.165, 1.54) is 0 Å². The number of ether oxygens (including phenoxy) is 1. The summed E-state index contributed by atoms with van der Waals surface area (Å²) in [5.74, 6) is -0.125. The first kappa shape index (κ1) is 24.8. The minimum absolute atomic E-state index is 0.113. The number of hydrogen-bond donors (Lipinski definition) is 0. The summed E-state index contributed by atoms with van der Waals surface area (Å²) in [5, 5.41) is 10.7. The molecule has 180 valence electrons. The molecule has 0 atom stereocenters. The molecule has 3 heterocycles. The van der Waals surface area contributed by atoms with Gasteiger partial charge in [-0.1, -0.05) is 35.3 Å². The van der Waals surface area contributed by atoms with Crippen LogP contribution in [-0.4, -0.2) is 45.6 Å². The number of carbonyl (C=O) groups is 1. The van der Waals surface area contributed by atoms with Crippen LogP contribution in [0.15, 0.2) is 36.8 Å². The summed E-state index contributed by atoms with van der Waals surface area (Å²) in [5.41, 5.74) is 2.00. The van der Waals surface area contributed by atoms with E-state index < -0.39 is 11.4 Å². The highest BCUT2D eigenvalue weighted by Gasteiger charge is 2.37. The van der Waals surface area contributed by atoms with Crippen molar-refractivity contribution < 1.29 is 9.53 Å². The predicted molar refractivity (Wildman–Crippen MR) is 133 cm³/mol. The van der Waals surface area contributed by atoms with Crippen LogP contribution in [0.5, 0.6) is 0 Å². The summed E-state index contributed by atoms with van der Waals surface area (Å²) in [6, 6.07) is 7.74. The fraction of sp³-hybridized carbons (Fsp3) is 0.360. The standard InChI is InChI=1S/C25H24Cl2N6O2/c1-3-35-24(34)22-23(31-16(2)21(32-22)18-5-4-6-19(26)20(18)27)33-11-7-25(15-28,8-12-33)13-17-14-29-9-10-30-17/h4-6,9-10,14H,3,7-8,11-13H2,1-2H3. The summed E-state index contributed by atoms with van der Waals surface area (Å²) in [6.07, 6.45) is 6.64. The Morgan fingerprint density at radius 2 is 2.00 bits per heavy atom. The molecular formula is C25H24Cl2N6O2. The Balaban J connectivity index is 1.67. The molecule has 1 aromatic carbocycles. The van der Waals surface area contributed by atoms with Crippen molar-refractivity contribution in [3.63, 3.8) is 0 Å². The van der Waals surface area contributed by atoms with Crippen LogP contribution in [-0.2, 0) is 11.2 Å². The Kier molecular flexibility index (Phi) is 7.48. The second-order valence-electron chi connectivity index (χ2n) is 8.40. The molecule has 0 radical (unpaired) electrons. The Morgan fingerprint density at radius 1 is 1.23 bits per heavy atom. The zero-order valence-electron chi connectivity index (χ0n) is 19.5. The molecule has 0 amide bonds. The van der Waals surface area contributed by atoms with Crippen molar-refractivity contribution in [2.24, 2.45) is 5.41 Å². The number of nitriles is 1. The summed E-state index contributed by atoms with van der Waals surface area (Å²) in [7, 11) is 0. The van der Waals surface area contributed by atoms with E-state index in [1.807, 2.05) is 11.8 Å². The van der Waals surface area contributed by atoms with E-state index in [4.69, 9.17) is 32.9 Å². The number of aromatic nitrogens is 4. The van der Waals surface area contributed by atoms with Gasteiger partial charge in [0.25, 0.3) is 0 Å². The molecule has 4 rings (SSSR count). The average molecular weight is 511 g/mol. The van der Waals surface area contributed by atoms with Gasteiger partial charge in [0.15, 0.2) is 11.5 Å². The Bertz CT molecular complexity index is 1270. The maximum atomic E-state index is 12.9. The Morgan fingerprint density at radius 3 is 2.66 bits per heavy atom. The average Bonchev–Trinajstić information content (AvgIpc) is 2.87. The van der Waals surface area contributed by atoms with Gasteiger partial charge in [-0.25, -0.2) is 14.8 Å². The molecule has 0 aliphatic carbocycles. The van der Waals surface area contributed by atoms with Gasteiger partial charge in [-0.05, 0) is 32.8 Å². The van der Waals surface area contributed by atoms with E-state index in [0.29, 0.717) is 65.2 Å². The van der Waals surface area contributed by atoms with Crippen molar-refractivity contribution in [2.45, 2.75) is 33.1 Å². The van der Waals surface area contributed by atoms with E-state index in [2.05, 4.69) is 21.0 Å². The lowest BCUT2D eigenvalue weighted by molar-refractivity contribution is 0.0519. The first-order chi connectivity index (χ1) is 16.9. The van der Waals surface area contributed by atoms with Gasteiger partial charge in [-0.3, -0.25) is 9.97 Å².